The van der Waals surface area contributed by atoms with Gasteiger partial charge in [-0.25, -0.2) is 13.3 Å². The summed E-state index contributed by atoms with van der Waals surface area (Å²) in [5, 5.41) is 15.8. The SMILES string of the molecule is [C-]#[N+]C(=Cc1ccc(OCCCCS(=O)(=O)[O-])cc1)C(=O)Nc1cccc(SOO[O-])c1.[K+].[K+]. The summed E-state index contributed by atoms with van der Waals surface area (Å²) in [6, 6.07) is 13.0. The number of anilines is 1. The monoisotopic (exact) mass is 556 g/mol. The van der Waals surface area contributed by atoms with E-state index in [0.29, 0.717) is 40.4 Å². The molecule has 1 N–H and O–H groups in total. The van der Waals surface area contributed by atoms with Crippen LogP contribution in [0.4, 0.5) is 5.69 Å². The van der Waals surface area contributed by atoms with Gasteiger partial charge in [0.2, 0.25) is 0 Å². The molecule has 0 bridgehead atoms. The normalized spacial score (nSPS) is 10.9. The molecule has 0 aromatic heterocycles. The van der Waals surface area contributed by atoms with Crippen LogP contribution >= 0.6 is 12.0 Å². The van der Waals surface area contributed by atoms with Gasteiger partial charge < -0.3 is 19.9 Å². The minimum absolute atomic E-state index is 0. The average Bonchev–Trinajstić information content (AvgIpc) is 2.76. The summed E-state index contributed by atoms with van der Waals surface area (Å²) >= 11 is 0.675. The van der Waals surface area contributed by atoms with E-state index < -0.39 is 21.8 Å². The zero-order valence-corrected chi connectivity index (χ0v) is 26.4. The van der Waals surface area contributed by atoms with Crippen LogP contribution < -0.4 is 118 Å². The molecule has 10 nitrogen and oxygen atoms in total. The summed E-state index contributed by atoms with van der Waals surface area (Å²) in [5.74, 6) is -0.510. The van der Waals surface area contributed by atoms with E-state index in [2.05, 4.69) is 19.5 Å². The minimum atomic E-state index is -4.21. The van der Waals surface area contributed by atoms with Gasteiger partial charge in [0.15, 0.2) is 0 Å². The van der Waals surface area contributed by atoms with Crippen molar-refractivity contribution < 1.29 is 140 Å². The first-order chi connectivity index (χ1) is 15.3. The molecule has 14 heteroatoms. The van der Waals surface area contributed by atoms with Gasteiger partial charge in [-0.1, -0.05) is 18.2 Å². The molecule has 0 heterocycles. The van der Waals surface area contributed by atoms with Gasteiger partial charge in [0.1, 0.15) is 5.75 Å². The molecule has 34 heavy (non-hydrogen) atoms. The van der Waals surface area contributed by atoms with Gasteiger partial charge in [0.25, 0.3) is 11.6 Å². The molecular weight excluding hydrogens is 539 g/mol. The topological polar surface area (TPSA) is 141 Å². The fourth-order valence-electron chi connectivity index (χ4n) is 2.41. The van der Waals surface area contributed by atoms with Gasteiger partial charge in [-0.05, 0) is 54.8 Å². The van der Waals surface area contributed by atoms with Crippen molar-refractivity contribution in [2.75, 3.05) is 17.7 Å². The summed E-state index contributed by atoms with van der Waals surface area (Å²) in [6.07, 6.45) is 2.05. The van der Waals surface area contributed by atoms with Crippen LogP contribution in [0.1, 0.15) is 18.4 Å². The Morgan fingerprint density at radius 1 is 1.15 bits per heavy atom. The number of unbranched alkanes of at least 4 members (excludes halogenated alkanes) is 1. The Morgan fingerprint density at radius 2 is 1.85 bits per heavy atom. The number of hydrogen-bond donors (Lipinski definition) is 1. The average molecular weight is 557 g/mol. The second-order valence-corrected chi connectivity index (χ2v) is 8.53. The zero-order chi connectivity index (χ0) is 23.4. The van der Waals surface area contributed by atoms with E-state index in [4.69, 9.17) is 11.3 Å². The van der Waals surface area contributed by atoms with Crippen LogP contribution in [0.2, 0.25) is 0 Å². The van der Waals surface area contributed by atoms with Gasteiger partial charge in [0, 0.05) is 16.3 Å². The molecular formula is C20H18K2N2O8S2. The molecule has 2 aromatic carbocycles. The van der Waals surface area contributed by atoms with Crippen molar-refractivity contribution in [3.63, 3.8) is 0 Å². The second kappa shape index (κ2) is 18.6. The third-order valence-electron chi connectivity index (χ3n) is 3.84. The van der Waals surface area contributed by atoms with Crippen LogP contribution in [-0.2, 0) is 24.3 Å². The zero-order valence-electron chi connectivity index (χ0n) is 18.6. The maximum absolute atomic E-state index is 12.4. The molecule has 2 aromatic rings. The molecule has 170 valence electrons. The largest absolute Gasteiger partial charge is 1.00 e. The molecule has 0 aliphatic rings. The molecule has 0 fully saturated rings. The van der Waals surface area contributed by atoms with Crippen molar-refractivity contribution in [2.45, 2.75) is 17.7 Å². The van der Waals surface area contributed by atoms with E-state index in [1.54, 1.807) is 48.5 Å². The van der Waals surface area contributed by atoms with Gasteiger partial charge in [-0.3, -0.25) is 9.83 Å². The van der Waals surface area contributed by atoms with Crippen LogP contribution in [0, 0.1) is 6.57 Å². The third-order valence-corrected chi connectivity index (χ3v) is 5.20. The number of nitrogens with zero attached hydrogens (tertiary/aromatic N) is 1. The van der Waals surface area contributed by atoms with Crippen LogP contribution in [0.15, 0.2) is 59.1 Å². The van der Waals surface area contributed by atoms with Gasteiger partial charge in [-0.15, -0.1) is 0 Å². The Kier molecular flexibility index (Phi) is 18.8. The van der Waals surface area contributed by atoms with E-state index in [1.165, 1.54) is 6.08 Å². The fraction of sp³-hybridized carbons (Fsp3) is 0.200. The van der Waals surface area contributed by atoms with Crippen molar-refractivity contribution in [1.29, 1.82) is 0 Å². The van der Waals surface area contributed by atoms with Crippen molar-refractivity contribution in [3.05, 3.63) is 71.2 Å². The smallest absolute Gasteiger partial charge is 0.748 e. The van der Waals surface area contributed by atoms with E-state index >= 15 is 0 Å². The molecule has 2 rings (SSSR count). The van der Waals surface area contributed by atoms with E-state index in [-0.39, 0.29) is 121 Å². The Hall–Kier alpha value is 0.353. The number of nitrogens with one attached hydrogen (secondary N) is 1. The Labute approximate surface area is 287 Å². The quantitative estimate of drug-likeness (QED) is 0.0413. The number of ether oxygens (including phenoxy) is 1. The summed E-state index contributed by atoms with van der Waals surface area (Å²) in [5.41, 5.74) is 0.855. The maximum Gasteiger partial charge on any atom is 1.00 e. The van der Waals surface area contributed by atoms with Gasteiger partial charge in [-0.2, -0.15) is 4.33 Å². The van der Waals surface area contributed by atoms with Gasteiger partial charge in [0.05, 0.1) is 35.3 Å². The molecule has 0 saturated carbocycles. The Bertz CT molecular complexity index is 1090. The number of carbonyl (C=O) groups excluding carboxylic acids is 1. The molecule has 0 unspecified atom stereocenters. The Balaban J connectivity index is 0.00000544. The maximum atomic E-state index is 12.4. The summed E-state index contributed by atoms with van der Waals surface area (Å²) < 4.78 is 41.3. The van der Waals surface area contributed by atoms with Crippen molar-refractivity contribution in [2.24, 2.45) is 0 Å². The van der Waals surface area contributed by atoms with Crippen molar-refractivity contribution in [1.82, 2.24) is 0 Å². The first-order valence-corrected chi connectivity index (χ1v) is 11.4. The number of rotatable bonds is 12. The molecule has 0 saturated heterocycles. The second-order valence-electron chi connectivity index (χ2n) is 6.23. The van der Waals surface area contributed by atoms with Crippen LogP contribution in [0.3, 0.4) is 0 Å². The number of benzene rings is 2. The van der Waals surface area contributed by atoms with Crippen molar-refractivity contribution in [3.8, 4) is 5.75 Å². The molecule has 0 radical (unpaired) electrons. The minimum Gasteiger partial charge on any atom is -0.748 e. The fourth-order valence-corrected chi connectivity index (χ4v) is 3.38. The first-order valence-electron chi connectivity index (χ1n) is 9.11. The molecule has 0 aliphatic heterocycles. The molecule has 0 aliphatic carbocycles. The molecule has 0 spiro atoms. The third kappa shape index (κ3) is 14.2. The predicted molar refractivity (Wildman–Crippen MR) is 113 cm³/mol. The number of carbonyl (C=O) groups is 1. The Morgan fingerprint density at radius 3 is 2.47 bits per heavy atom. The van der Waals surface area contributed by atoms with Crippen LogP contribution in [0.25, 0.3) is 10.9 Å². The summed E-state index contributed by atoms with van der Waals surface area (Å²) in [4.78, 5) is 16.2. The predicted octanol–water partition coefficient (Wildman–Crippen LogP) is -3.47. The van der Waals surface area contributed by atoms with Crippen molar-refractivity contribution >= 4 is 39.8 Å². The molecule has 0 atom stereocenters. The summed E-state index contributed by atoms with van der Waals surface area (Å²) in [7, 11) is -4.21. The number of hydrogen-bond acceptors (Lipinski definition) is 9. The van der Waals surface area contributed by atoms with Crippen LogP contribution in [0.5, 0.6) is 5.75 Å². The van der Waals surface area contributed by atoms with Crippen LogP contribution in [-0.4, -0.2) is 31.2 Å². The summed E-state index contributed by atoms with van der Waals surface area (Å²) in [6.45, 7) is 7.54. The number of amides is 1. The standard InChI is InChI=1S/C20H20N2O8S2.2K/c1-21-19(20(23)22-16-5-4-6-18(14-16)31-30-29-24)13-15-7-9-17(10-8-15)28-11-2-3-12-32(25,26)27;;/h4-10,13-14,24H,2-3,11-12H2,(H,22,23)(H,25,26,27);;/q;2*+1/p-2. The van der Waals surface area contributed by atoms with E-state index in [0.717, 1.165) is 0 Å². The first kappa shape index (κ1) is 34.4. The molecule has 1 amide bonds. The van der Waals surface area contributed by atoms with E-state index in [1.807, 2.05) is 0 Å². The van der Waals surface area contributed by atoms with E-state index in [9.17, 15) is 23.0 Å². The van der Waals surface area contributed by atoms with Gasteiger partial charge >= 0.3 is 103 Å².